The van der Waals surface area contributed by atoms with Crippen molar-refractivity contribution < 1.29 is 19.4 Å². The predicted molar refractivity (Wildman–Crippen MR) is 41.6 cm³/mol. The van der Waals surface area contributed by atoms with Crippen molar-refractivity contribution >= 4 is 27.9 Å². The van der Waals surface area contributed by atoms with E-state index in [2.05, 4.69) is 20.7 Å². The van der Waals surface area contributed by atoms with E-state index in [1.54, 1.807) is 0 Å². The van der Waals surface area contributed by atoms with Crippen LogP contribution in [0.1, 0.15) is 12.8 Å². The van der Waals surface area contributed by atoms with Crippen LogP contribution < -0.4 is 0 Å². The molecule has 0 unspecified atom stereocenters. The molecule has 4 nitrogen and oxygen atoms in total. The van der Waals surface area contributed by atoms with E-state index < -0.39 is 18.4 Å². The number of carboxylic acids is 1. The minimum absolute atomic E-state index is 0.275. The average molecular weight is 225 g/mol. The summed E-state index contributed by atoms with van der Waals surface area (Å²) < 4.78 is 4.54. The lowest BCUT2D eigenvalue weighted by Crippen LogP contribution is -2.11. The van der Waals surface area contributed by atoms with Crippen LogP contribution in [0.2, 0.25) is 0 Å². The standard InChI is InChI=1S/C6H9BrO4/c7-2-1-3-11-6(10)4-5(8)9/h1-4H2,(H,8,9). The zero-order valence-corrected chi connectivity index (χ0v) is 7.46. The Morgan fingerprint density at radius 1 is 1.45 bits per heavy atom. The van der Waals surface area contributed by atoms with Gasteiger partial charge in [-0.25, -0.2) is 0 Å². The van der Waals surface area contributed by atoms with Gasteiger partial charge in [-0.15, -0.1) is 0 Å². The molecular formula is C6H9BrO4. The Hall–Kier alpha value is -0.580. The number of aliphatic carboxylic acids is 1. The fourth-order valence-electron chi connectivity index (χ4n) is 0.415. The van der Waals surface area contributed by atoms with Crippen LogP contribution in [0, 0.1) is 0 Å². The molecule has 11 heavy (non-hydrogen) atoms. The van der Waals surface area contributed by atoms with Crippen molar-refractivity contribution in [1.29, 1.82) is 0 Å². The molecule has 1 N–H and O–H groups in total. The van der Waals surface area contributed by atoms with Gasteiger partial charge in [0.25, 0.3) is 0 Å². The average Bonchev–Trinajstić information content (AvgIpc) is 1.86. The zero-order valence-electron chi connectivity index (χ0n) is 5.88. The Balaban J connectivity index is 3.30. The summed E-state index contributed by atoms with van der Waals surface area (Å²) in [5.74, 6) is -1.84. The van der Waals surface area contributed by atoms with Crippen molar-refractivity contribution in [3.05, 3.63) is 0 Å². The zero-order chi connectivity index (χ0) is 8.69. The first kappa shape index (κ1) is 10.4. The fourth-order valence-corrected chi connectivity index (χ4v) is 0.644. The van der Waals surface area contributed by atoms with Gasteiger partial charge in [0.05, 0.1) is 6.61 Å². The normalized spacial score (nSPS) is 9.18. The van der Waals surface area contributed by atoms with Crippen molar-refractivity contribution in [3.8, 4) is 0 Å². The van der Waals surface area contributed by atoms with Gasteiger partial charge in [0.1, 0.15) is 6.42 Å². The summed E-state index contributed by atoms with van der Waals surface area (Å²) in [5.41, 5.74) is 0. The van der Waals surface area contributed by atoms with Gasteiger partial charge in [-0.3, -0.25) is 9.59 Å². The third kappa shape index (κ3) is 7.32. The summed E-state index contributed by atoms with van der Waals surface area (Å²) in [4.78, 5) is 20.4. The van der Waals surface area contributed by atoms with Crippen LogP contribution in [0.25, 0.3) is 0 Å². The second-order valence-corrected chi connectivity index (χ2v) is 2.63. The van der Waals surface area contributed by atoms with Gasteiger partial charge >= 0.3 is 11.9 Å². The molecule has 0 amide bonds. The molecule has 0 fully saturated rings. The number of halogens is 1. The number of carbonyl (C=O) groups is 2. The quantitative estimate of drug-likeness (QED) is 0.325. The molecule has 0 spiro atoms. The highest BCUT2D eigenvalue weighted by atomic mass is 79.9. The molecule has 0 aliphatic heterocycles. The molecule has 5 heteroatoms. The number of carbonyl (C=O) groups excluding carboxylic acids is 1. The number of alkyl halides is 1. The van der Waals surface area contributed by atoms with Gasteiger partial charge in [0.2, 0.25) is 0 Å². The SMILES string of the molecule is O=C(O)CC(=O)OCCCBr. The van der Waals surface area contributed by atoms with Gasteiger partial charge in [-0.2, -0.15) is 0 Å². The van der Waals surface area contributed by atoms with Gasteiger partial charge in [-0.05, 0) is 6.42 Å². The highest BCUT2D eigenvalue weighted by Crippen LogP contribution is 1.91. The molecule has 0 saturated carbocycles. The van der Waals surface area contributed by atoms with E-state index >= 15 is 0 Å². The van der Waals surface area contributed by atoms with Crippen LogP contribution in [0.3, 0.4) is 0 Å². The lowest BCUT2D eigenvalue weighted by molar-refractivity contribution is -0.151. The van der Waals surface area contributed by atoms with Crippen LogP contribution in [-0.2, 0) is 14.3 Å². The molecule has 0 aromatic rings. The third-order valence-corrected chi connectivity index (χ3v) is 1.40. The summed E-state index contributed by atoms with van der Waals surface area (Å²) in [6.07, 6.45) is 0.146. The monoisotopic (exact) mass is 224 g/mol. The van der Waals surface area contributed by atoms with Gasteiger partial charge in [0, 0.05) is 5.33 Å². The maximum Gasteiger partial charge on any atom is 0.317 e. The molecule has 0 rings (SSSR count). The van der Waals surface area contributed by atoms with Crippen LogP contribution in [-0.4, -0.2) is 29.0 Å². The number of ether oxygens (including phenoxy) is 1. The van der Waals surface area contributed by atoms with E-state index in [9.17, 15) is 9.59 Å². The fraction of sp³-hybridized carbons (Fsp3) is 0.667. The first-order valence-corrected chi connectivity index (χ1v) is 4.22. The van der Waals surface area contributed by atoms with Crippen molar-refractivity contribution in [2.24, 2.45) is 0 Å². The van der Waals surface area contributed by atoms with Crippen LogP contribution >= 0.6 is 15.9 Å². The summed E-state index contributed by atoms with van der Waals surface area (Å²) in [6.45, 7) is 0.275. The lowest BCUT2D eigenvalue weighted by atomic mass is 10.4. The summed E-state index contributed by atoms with van der Waals surface area (Å²) in [6, 6.07) is 0. The van der Waals surface area contributed by atoms with Crippen molar-refractivity contribution in [3.63, 3.8) is 0 Å². The first-order valence-electron chi connectivity index (χ1n) is 3.10. The van der Waals surface area contributed by atoms with E-state index in [1.807, 2.05) is 0 Å². The maximum absolute atomic E-state index is 10.5. The second-order valence-electron chi connectivity index (χ2n) is 1.83. The molecular weight excluding hydrogens is 216 g/mol. The molecule has 0 aromatic heterocycles. The first-order chi connectivity index (χ1) is 5.16. The lowest BCUT2D eigenvalue weighted by Gasteiger charge is -1.99. The Morgan fingerprint density at radius 2 is 2.09 bits per heavy atom. The molecule has 0 radical (unpaired) electrons. The van der Waals surface area contributed by atoms with Gasteiger partial charge in [-0.1, -0.05) is 15.9 Å². The summed E-state index contributed by atoms with van der Waals surface area (Å²) >= 11 is 3.14. The van der Waals surface area contributed by atoms with E-state index in [0.717, 1.165) is 5.33 Å². The van der Waals surface area contributed by atoms with Crippen LogP contribution in [0.5, 0.6) is 0 Å². The van der Waals surface area contributed by atoms with Crippen molar-refractivity contribution in [1.82, 2.24) is 0 Å². The highest BCUT2D eigenvalue weighted by Gasteiger charge is 2.07. The molecule has 0 aliphatic rings. The number of rotatable bonds is 5. The van der Waals surface area contributed by atoms with Crippen molar-refractivity contribution in [2.75, 3.05) is 11.9 Å². The summed E-state index contributed by atoms with van der Waals surface area (Å²) in [7, 11) is 0. The van der Waals surface area contributed by atoms with Gasteiger partial charge < -0.3 is 9.84 Å². The number of hydrogen-bond donors (Lipinski definition) is 1. The second kappa shape index (κ2) is 6.15. The topological polar surface area (TPSA) is 63.6 Å². The van der Waals surface area contributed by atoms with E-state index in [4.69, 9.17) is 5.11 Å². The highest BCUT2D eigenvalue weighted by molar-refractivity contribution is 9.09. The maximum atomic E-state index is 10.5. The Morgan fingerprint density at radius 3 is 2.55 bits per heavy atom. The molecule has 0 aliphatic carbocycles. The summed E-state index contributed by atoms with van der Waals surface area (Å²) in [5, 5.41) is 8.87. The van der Waals surface area contributed by atoms with Crippen LogP contribution in [0.4, 0.5) is 0 Å². The molecule has 0 bridgehead atoms. The molecule has 0 aromatic carbocycles. The largest absolute Gasteiger partial charge is 0.481 e. The van der Waals surface area contributed by atoms with E-state index in [1.165, 1.54) is 0 Å². The van der Waals surface area contributed by atoms with Gasteiger partial charge in [0.15, 0.2) is 0 Å². The van der Waals surface area contributed by atoms with Crippen molar-refractivity contribution in [2.45, 2.75) is 12.8 Å². The number of hydrogen-bond acceptors (Lipinski definition) is 3. The van der Waals surface area contributed by atoms with E-state index in [0.29, 0.717) is 6.42 Å². The molecule has 0 heterocycles. The molecule has 0 saturated heterocycles. The Kier molecular flexibility index (Phi) is 5.83. The molecule has 64 valence electrons. The minimum Gasteiger partial charge on any atom is -0.481 e. The number of esters is 1. The number of carboxylic acid groups (broad SMARTS) is 1. The smallest absolute Gasteiger partial charge is 0.317 e. The third-order valence-electron chi connectivity index (χ3n) is 0.837. The predicted octanol–water partition coefficient (Wildman–Crippen LogP) is 0.789. The Labute approximate surface area is 72.7 Å². The Bertz CT molecular complexity index is 146. The van der Waals surface area contributed by atoms with Crippen LogP contribution in [0.15, 0.2) is 0 Å². The van der Waals surface area contributed by atoms with E-state index in [-0.39, 0.29) is 6.61 Å². The minimum atomic E-state index is -1.16. The molecule has 0 atom stereocenters.